The van der Waals surface area contributed by atoms with Crippen molar-refractivity contribution in [3.63, 3.8) is 0 Å². The predicted octanol–water partition coefficient (Wildman–Crippen LogP) is 1.98. The lowest BCUT2D eigenvalue weighted by molar-refractivity contribution is -0.862. The molecule has 0 aliphatic heterocycles. The molecule has 5 heteroatoms. The predicted molar refractivity (Wildman–Crippen MR) is 109 cm³/mol. The van der Waals surface area contributed by atoms with E-state index in [2.05, 4.69) is 5.32 Å². The van der Waals surface area contributed by atoms with Crippen molar-refractivity contribution in [1.82, 2.24) is 4.90 Å². The first-order chi connectivity index (χ1) is 12.8. The molecule has 0 aliphatic carbocycles. The average molecular weight is 369 g/mol. The number of benzene rings is 2. The normalized spacial score (nSPS) is 12.9. The molecule has 2 rings (SSSR count). The van der Waals surface area contributed by atoms with Crippen LogP contribution in [-0.2, 0) is 9.59 Å². The lowest BCUT2D eigenvalue weighted by atomic mass is 10.1. The third-order valence-electron chi connectivity index (χ3n) is 5.05. The number of amides is 2. The van der Waals surface area contributed by atoms with Gasteiger partial charge >= 0.3 is 0 Å². The maximum Gasteiger partial charge on any atom is 0.279 e. The summed E-state index contributed by atoms with van der Waals surface area (Å²) in [5.41, 5.74) is 4.13. The highest BCUT2D eigenvalue weighted by atomic mass is 16.2. The Bertz CT molecular complexity index is 789. The second kappa shape index (κ2) is 9.33. The second-order valence-corrected chi connectivity index (χ2v) is 7.20. The van der Waals surface area contributed by atoms with E-state index < -0.39 is 0 Å². The Hall–Kier alpha value is -2.66. The SMILES string of the molecule is Cc1cccc(NC(=O)C[NH+](C)CC(=O)N(C)[C@H](C)c2ccccc2)c1C. The molecule has 2 atom stereocenters. The van der Waals surface area contributed by atoms with Gasteiger partial charge in [0.1, 0.15) is 0 Å². The van der Waals surface area contributed by atoms with E-state index in [9.17, 15) is 9.59 Å². The highest BCUT2D eigenvalue weighted by Gasteiger charge is 2.21. The van der Waals surface area contributed by atoms with Gasteiger partial charge in [-0.25, -0.2) is 0 Å². The number of carbonyl (C=O) groups excluding carboxylic acids is 2. The summed E-state index contributed by atoms with van der Waals surface area (Å²) in [5.74, 6) is -0.0730. The number of carbonyl (C=O) groups is 2. The van der Waals surface area contributed by atoms with Crippen LogP contribution in [-0.4, -0.2) is 43.9 Å². The third-order valence-corrected chi connectivity index (χ3v) is 5.05. The first-order valence-corrected chi connectivity index (χ1v) is 9.27. The van der Waals surface area contributed by atoms with Gasteiger partial charge in [0.25, 0.3) is 11.8 Å². The van der Waals surface area contributed by atoms with Crippen LogP contribution in [0, 0.1) is 13.8 Å². The second-order valence-electron chi connectivity index (χ2n) is 7.20. The molecule has 5 nitrogen and oxygen atoms in total. The Morgan fingerprint density at radius 1 is 1.04 bits per heavy atom. The Balaban J connectivity index is 1.88. The fraction of sp³-hybridized carbons (Fsp3) is 0.364. The van der Waals surface area contributed by atoms with Crippen molar-refractivity contribution in [2.75, 3.05) is 32.5 Å². The number of rotatable bonds is 7. The van der Waals surface area contributed by atoms with Gasteiger partial charge in [0.15, 0.2) is 13.1 Å². The van der Waals surface area contributed by atoms with E-state index in [0.717, 1.165) is 27.3 Å². The number of quaternary nitrogens is 1. The van der Waals surface area contributed by atoms with E-state index in [1.165, 1.54) is 0 Å². The van der Waals surface area contributed by atoms with Gasteiger partial charge in [-0.1, -0.05) is 42.5 Å². The van der Waals surface area contributed by atoms with Crippen LogP contribution in [0.5, 0.6) is 0 Å². The van der Waals surface area contributed by atoms with Crippen molar-refractivity contribution in [2.45, 2.75) is 26.8 Å². The van der Waals surface area contributed by atoms with Crippen LogP contribution >= 0.6 is 0 Å². The Morgan fingerprint density at radius 2 is 1.70 bits per heavy atom. The van der Waals surface area contributed by atoms with Crippen LogP contribution in [0.4, 0.5) is 5.69 Å². The summed E-state index contributed by atoms with van der Waals surface area (Å²) in [6, 6.07) is 15.8. The highest BCUT2D eigenvalue weighted by molar-refractivity contribution is 5.92. The molecule has 0 radical (unpaired) electrons. The molecule has 0 fully saturated rings. The van der Waals surface area contributed by atoms with E-state index in [-0.39, 0.29) is 30.9 Å². The zero-order valence-electron chi connectivity index (χ0n) is 16.9. The van der Waals surface area contributed by atoms with Crippen molar-refractivity contribution in [3.8, 4) is 0 Å². The minimum absolute atomic E-state index is 0.00438. The van der Waals surface area contributed by atoms with Gasteiger partial charge in [-0.3, -0.25) is 9.59 Å². The van der Waals surface area contributed by atoms with Crippen molar-refractivity contribution in [3.05, 3.63) is 65.2 Å². The molecule has 2 aromatic rings. The van der Waals surface area contributed by atoms with Crippen LogP contribution in [0.2, 0.25) is 0 Å². The van der Waals surface area contributed by atoms with Gasteiger partial charge in [0, 0.05) is 12.7 Å². The summed E-state index contributed by atoms with van der Waals surface area (Å²) in [6.45, 7) is 6.53. The standard InChI is InChI=1S/C22H29N3O2/c1-16-10-9-13-20(17(16)2)23-21(26)14-24(4)15-22(27)25(5)18(3)19-11-7-6-8-12-19/h6-13,18H,14-15H2,1-5H3,(H,23,26)/p+1/t18-/m1/s1. The minimum atomic E-state index is -0.0900. The molecule has 144 valence electrons. The number of nitrogens with one attached hydrogen (secondary N) is 2. The zero-order valence-corrected chi connectivity index (χ0v) is 16.9. The Morgan fingerprint density at radius 3 is 2.37 bits per heavy atom. The molecule has 0 saturated heterocycles. The van der Waals surface area contributed by atoms with E-state index in [4.69, 9.17) is 0 Å². The minimum Gasteiger partial charge on any atom is -0.334 e. The fourth-order valence-corrected chi connectivity index (χ4v) is 2.97. The number of anilines is 1. The number of likely N-dealkylation sites (N-methyl/N-ethyl adjacent to an activating group) is 2. The molecule has 1 unspecified atom stereocenters. The van der Waals surface area contributed by atoms with E-state index in [1.807, 2.05) is 83.4 Å². The Labute approximate surface area is 162 Å². The molecule has 0 spiro atoms. The molecule has 0 bridgehead atoms. The molecule has 0 aromatic heterocycles. The monoisotopic (exact) mass is 368 g/mol. The first kappa shape index (κ1) is 20.6. The van der Waals surface area contributed by atoms with Crippen LogP contribution in [0.15, 0.2) is 48.5 Å². The number of hydrogen-bond donors (Lipinski definition) is 2. The van der Waals surface area contributed by atoms with Gasteiger partial charge in [-0.2, -0.15) is 0 Å². The van der Waals surface area contributed by atoms with Crippen LogP contribution in [0.25, 0.3) is 0 Å². The average Bonchev–Trinajstić information content (AvgIpc) is 2.64. The largest absolute Gasteiger partial charge is 0.334 e. The van der Waals surface area contributed by atoms with E-state index >= 15 is 0 Å². The first-order valence-electron chi connectivity index (χ1n) is 9.27. The molecule has 2 N–H and O–H groups in total. The summed E-state index contributed by atoms with van der Waals surface area (Å²) >= 11 is 0. The molecule has 0 heterocycles. The fourth-order valence-electron chi connectivity index (χ4n) is 2.97. The molecule has 2 aromatic carbocycles. The van der Waals surface area contributed by atoms with Crippen molar-refractivity contribution in [1.29, 1.82) is 0 Å². The maximum atomic E-state index is 12.6. The number of aryl methyl sites for hydroxylation is 1. The quantitative estimate of drug-likeness (QED) is 0.785. The van der Waals surface area contributed by atoms with Crippen LogP contribution < -0.4 is 10.2 Å². The number of nitrogens with zero attached hydrogens (tertiary/aromatic N) is 1. The molecule has 27 heavy (non-hydrogen) atoms. The molecule has 2 amide bonds. The highest BCUT2D eigenvalue weighted by Crippen LogP contribution is 2.18. The van der Waals surface area contributed by atoms with Gasteiger partial charge in [-0.05, 0) is 43.5 Å². The van der Waals surface area contributed by atoms with E-state index in [0.29, 0.717) is 0 Å². The van der Waals surface area contributed by atoms with Crippen LogP contribution in [0.1, 0.15) is 29.7 Å². The smallest absolute Gasteiger partial charge is 0.279 e. The third kappa shape index (κ3) is 5.66. The van der Waals surface area contributed by atoms with E-state index in [1.54, 1.807) is 4.90 Å². The van der Waals surface area contributed by atoms with Gasteiger partial charge < -0.3 is 15.1 Å². The lowest BCUT2D eigenvalue weighted by Gasteiger charge is -2.26. The lowest BCUT2D eigenvalue weighted by Crippen LogP contribution is -3.11. The topological polar surface area (TPSA) is 53.9 Å². The van der Waals surface area contributed by atoms with Crippen molar-refractivity contribution < 1.29 is 14.5 Å². The van der Waals surface area contributed by atoms with Gasteiger partial charge in [0.05, 0.1) is 13.1 Å². The summed E-state index contributed by atoms with van der Waals surface area (Å²) in [7, 11) is 3.67. The molecular weight excluding hydrogens is 338 g/mol. The molecule has 0 saturated carbocycles. The van der Waals surface area contributed by atoms with Crippen molar-refractivity contribution >= 4 is 17.5 Å². The maximum absolute atomic E-state index is 12.6. The summed E-state index contributed by atoms with van der Waals surface area (Å²) in [6.07, 6.45) is 0. The summed E-state index contributed by atoms with van der Waals surface area (Å²) in [4.78, 5) is 27.5. The van der Waals surface area contributed by atoms with Gasteiger partial charge in [-0.15, -0.1) is 0 Å². The zero-order chi connectivity index (χ0) is 20.0. The summed E-state index contributed by atoms with van der Waals surface area (Å²) < 4.78 is 0. The summed E-state index contributed by atoms with van der Waals surface area (Å²) in [5, 5.41) is 2.95. The van der Waals surface area contributed by atoms with Gasteiger partial charge in [0.2, 0.25) is 0 Å². The number of hydrogen-bond acceptors (Lipinski definition) is 2. The molecule has 0 aliphatic rings. The van der Waals surface area contributed by atoms with Crippen LogP contribution in [0.3, 0.4) is 0 Å². The Kier molecular flexibility index (Phi) is 7.13. The van der Waals surface area contributed by atoms with Crippen molar-refractivity contribution in [2.24, 2.45) is 0 Å². The molecular formula is C22H30N3O2+.